The quantitative estimate of drug-likeness (QED) is 0.507. The lowest BCUT2D eigenvalue weighted by Gasteiger charge is -2.37. The topological polar surface area (TPSA) is 113 Å². The first kappa shape index (κ1) is 29.3. The van der Waals surface area contributed by atoms with Gasteiger partial charge in [0.1, 0.15) is 12.1 Å². The van der Waals surface area contributed by atoms with E-state index in [1.807, 2.05) is 49.3 Å². The number of amides is 2. The first-order valence-corrected chi connectivity index (χ1v) is 14.2. The highest BCUT2D eigenvalue weighted by molar-refractivity contribution is 6.04. The van der Waals surface area contributed by atoms with Crippen LogP contribution in [0.15, 0.2) is 42.7 Å². The fourth-order valence-corrected chi connectivity index (χ4v) is 5.79. The van der Waals surface area contributed by atoms with E-state index in [1.54, 1.807) is 12.4 Å². The Hall–Kier alpha value is -3.64. The number of anilines is 2. The van der Waals surface area contributed by atoms with Crippen molar-refractivity contribution < 1.29 is 14.7 Å². The van der Waals surface area contributed by atoms with E-state index in [4.69, 9.17) is 0 Å². The number of carbonyl (C=O) groups excluding carboxylic acids is 2. The molecule has 0 radical (unpaired) electrons. The smallest absolute Gasteiger partial charge is 0.251 e. The van der Waals surface area contributed by atoms with Crippen LogP contribution in [0.1, 0.15) is 76.5 Å². The van der Waals surface area contributed by atoms with Crippen molar-refractivity contribution in [3.8, 4) is 6.19 Å². The molecule has 9 nitrogen and oxygen atoms in total. The second kappa shape index (κ2) is 12.3. The highest BCUT2D eigenvalue weighted by atomic mass is 16.3. The number of nitrogens with one attached hydrogen (secondary N) is 1. The van der Waals surface area contributed by atoms with Crippen molar-refractivity contribution in [1.82, 2.24) is 15.2 Å². The Balaban J connectivity index is 1.87. The molecule has 1 saturated heterocycles. The van der Waals surface area contributed by atoms with Crippen molar-refractivity contribution in [3.63, 3.8) is 0 Å². The summed E-state index contributed by atoms with van der Waals surface area (Å²) in [5.74, 6) is -0.683. The molecule has 3 unspecified atom stereocenters. The Bertz CT molecular complexity index is 1230. The summed E-state index contributed by atoms with van der Waals surface area (Å²) in [6, 6.07) is 7.65. The Kier molecular flexibility index (Phi) is 8.99. The molecular formula is C31H42N6O3. The van der Waals surface area contributed by atoms with E-state index in [9.17, 15) is 20.0 Å². The predicted octanol–water partition coefficient (Wildman–Crippen LogP) is 3.88. The molecule has 3 atom stereocenters. The van der Waals surface area contributed by atoms with Gasteiger partial charge in [-0.15, -0.1) is 0 Å². The first-order chi connectivity index (χ1) is 19.0. The van der Waals surface area contributed by atoms with E-state index in [-0.39, 0.29) is 30.3 Å². The van der Waals surface area contributed by atoms with Crippen LogP contribution in [0.5, 0.6) is 0 Å². The summed E-state index contributed by atoms with van der Waals surface area (Å²) < 4.78 is 0. The van der Waals surface area contributed by atoms with Gasteiger partial charge in [0.05, 0.1) is 12.6 Å². The van der Waals surface area contributed by atoms with E-state index in [2.05, 4.69) is 37.3 Å². The normalized spacial score (nSPS) is 20.5. The molecule has 0 spiro atoms. The van der Waals surface area contributed by atoms with Crippen LogP contribution < -0.4 is 15.1 Å². The van der Waals surface area contributed by atoms with Gasteiger partial charge in [-0.25, -0.2) is 0 Å². The van der Waals surface area contributed by atoms with E-state index in [0.717, 1.165) is 43.4 Å². The summed E-state index contributed by atoms with van der Waals surface area (Å²) in [7, 11) is 3.79. The van der Waals surface area contributed by atoms with Gasteiger partial charge >= 0.3 is 0 Å². The van der Waals surface area contributed by atoms with E-state index < -0.39 is 24.1 Å². The molecule has 9 heteroatoms. The molecule has 1 aromatic carbocycles. The fourth-order valence-electron chi connectivity index (χ4n) is 5.79. The monoisotopic (exact) mass is 546 g/mol. The summed E-state index contributed by atoms with van der Waals surface area (Å²) in [6.07, 6.45) is 9.77. The zero-order chi connectivity index (χ0) is 29.0. The number of likely N-dealkylation sites (tertiary alicyclic amines) is 1. The van der Waals surface area contributed by atoms with Gasteiger partial charge < -0.3 is 15.3 Å². The molecule has 1 saturated carbocycles. The maximum atomic E-state index is 14.4. The third-order valence-electron chi connectivity index (χ3n) is 8.00. The summed E-state index contributed by atoms with van der Waals surface area (Å²) in [5, 5.41) is 23.4. The van der Waals surface area contributed by atoms with Crippen LogP contribution in [0.3, 0.4) is 0 Å². The van der Waals surface area contributed by atoms with E-state index >= 15 is 0 Å². The summed E-state index contributed by atoms with van der Waals surface area (Å²) in [5.41, 5.74) is 2.91. The van der Waals surface area contributed by atoms with Crippen LogP contribution in [0.4, 0.5) is 11.4 Å². The molecule has 2 amide bonds. The third kappa shape index (κ3) is 6.39. The summed E-state index contributed by atoms with van der Waals surface area (Å²) in [4.78, 5) is 37.8. The molecule has 214 valence electrons. The molecule has 1 aromatic heterocycles. The van der Waals surface area contributed by atoms with Crippen molar-refractivity contribution in [3.05, 3.63) is 53.9 Å². The number of aliphatic hydroxyl groups is 1. The Labute approximate surface area is 237 Å². The predicted molar refractivity (Wildman–Crippen MR) is 156 cm³/mol. The summed E-state index contributed by atoms with van der Waals surface area (Å²) >= 11 is 0. The molecule has 0 bridgehead atoms. The molecule has 2 aromatic rings. The lowest BCUT2D eigenvalue weighted by molar-refractivity contribution is -0.128. The highest BCUT2D eigenvalue weighted by Gasteiger charge is 2.43. The van der Waals surface area contributed by atoms with Gasteiger partial charge in [0.25, 0.3) is 5.91 Å². The zero-order valence-electron chi connectivity index (χ0n) is 24.3. The van der Waals surface area contributed by atoms with E-state index in [0.29, 0.717) is 11.3 Å². The van der Waals surface area contributed by atoms with Gasteiger partial charge in [-0.1, -0.05) is 52.2 Å². The van der Waals surface area contributed by atoms with E-state index in [1.165, 1.54) is 9.80 Å². The number of carbonyl (C=O) groups is 2. The molecular weight excluding hydrogens is 504 g/mol. The minimum atomic E-state index is -1.03. The molecule has 1 aliphatic heterocycles. The van der Waals surface area contributed by atoms with Crippen molar-refractivity contribution in [2.75, 3.05) is 30.4 Å². The maximum Gasteiger partial charge on any atom is 0.251 e. The lowest BCUT2D eigenvalue weighted by atomic mass is 9.87. The standard InChI is InChI=1S/C31H42N6O3/c1-31(2,3)21-11-13-23(14-12-21)37(30(40)27-17-24(38)19-36(27)20-32)28(25-18-33-16-15-26(25)35(4)5)29(39)34-22-9-7-6-8-10-22/h11-16,18,22,24,27-28,38H,6-10,17,19H2,1-5H3,(H,34,39). The number of β-amino-alcohol motifs (C(OH)–C–C–N with tert-alkyl or cyclic N) is 1. The number of hydrogen-bond acceptors (Lipinski definition) is 7. The van der Waals surface area contributed by atoms with Crippen LogP contribution in [0, 0.1) is 11.5 Å². The van der Waals surface area contributed by atoms with Crippen LogP contribution in [0.2, 0.25) is 0 Å². The summed E-state index contributed by atoms with van der Waals surface area (Å²) in [6.45, 7) is 6.44. The number of nitrogens with zero attached hydrogens (tertiary/aromatic N) is 5. The number of pyridine rings is 1. The Morgan fingerprint density at radius 1 is 1.12 bits per heavy atom. The number of nitriles is 1. The minimum Gasteiger partial charge on any atom is -0.391 e. The molecule has 2 heterocycles. The maximum absolute atomic E-state index is 14.4. The van der Waals surface area contributed by atoms with Gasteiger partial charge in [-0.2, -0.15) is 5.26 Å². The number of hydrogen-bond donors (Lipinski definition) is 2. The van der Waals surface area contributed by atoms with Gasteiger partial charge in [0.15, 0.2) is 6.19 Å². The third-order valence-corrected chi connectivity index (χ3v) is 8.00. The van der Waals surface area contributed by atoms with Crippen LogP contribution >= 0.6 is 0 Å². The van der Waals surface area contributed by atoms with Gasteiger partial charge in [-0.3, -0.25) is 24.4 Å². The molecule has 2 aliphatic rings. The fraction of sp³-hybridized carbons (Fsp3) is 0.548. The van der Waals surface area contributed by atoms with Crippen LogP contribution in [-0.2, 0) is 15.0 Å². The van der Waals surface area contributed by atoms with Crippen molar-refractivity contribution in [1.29, 1.82) is 5.26 Å². The van der Waals surface area contributed by atoms with Crippen LogP contribution in [-0.4, -0.2) is 65.6 Å². The average molecular weight is 547 g/mol. The SMILES string of the molecule is CN(C)c1ccncc1C(C(=O)NC1CCCCC1)N(C(=O)C1CC(O)CN1C#N)c1ccc(C(C)(C)C)cc1. The van der Waals surface area contributed by atoms with Gasteiger partial charge in [0.2, 0.25) is 5.91 Å². The number of benzene rings is 1. The van der Waals surface area contributed by atoms with Gasteiger partial charge in [0, 0.05) is 55.9 Å². The zero-order valence-corrected chi connectivity index (χ0v) is 24.3. The molecule has 40 heavy (non-hydrogen) atoms. The minimum absolute atomic E-state index is 0.0346. The second-order valence-corrected chi connectivity index (χ2v) is 12.2. The first-order valence-electron chi connectivity index (χ1n) is 14.2. The van der Waals surface area contributed by atoms with Crippen molar-refractivity contribution >= 4 is 23.2 Å². The van der Waals surface area contributed by atoms with Crippen LogP contribution in [0.25, 0.3) is 0 Å². The average Bonchev–Trinajstić information content (AvgIpc) is 3.32. The number of aromatic nitrogens is 1. The highest BCUT2D eigenvalue weighted by Crippen LogP contribution is 2.36. The molecule has 2 N–H and O–H groups in total. The van der Waals surface area contributed by atoms with Crippen molar-refractivity contribution in [2.24, 2.45) is 0 Å². The van der Waals surface area contributed by atoms with Gasteiger partial charge in [-0.05, 0) is 42.0 Å². The molecule has 4 rings (SSSR count). The Morgan fingerprint density at radius 3 is 2.40 bits per heavy atom. The number of aliphatic hydroxyl groups excluding tert-OH is 1. The molecule has 1 aliphatic carbocycles. The number of rotatable bonds is 7. The Morgan fingerprint density at radius 2 is 1.80 bits per heavy atom. The molecule has 2 fully saturated rings. The largest absolute Gasteiger partial charge is 0.391 e. The lowest BCUT2D eigenvalue weighted by Crippen LogP contribution is -2.52. The second-order valence-electron chi connectivity index (χ2n) is 12.2. The van der Waals surface area contributed by atoms with Crippen molar-refractivity contribution in [2.45, 2.75) is 88.9 Å².